The Kier molecular flexibility index (Phi) is 3.56. The van der Waals surface area contributed by atoms with Gasteiger partial charge in [-0.05, 0) is 27.2 Å². The summed E-state index contributed by atoms with van der Waals surface area (Å²) >= 11 is 0. The van der Waals surface area contributed by atoms with Gasteiger partial charge in [-0.2, -0.15) is 0 Å². The van der Waals surface area contributed by atoms with Gasteiger partial charge < -0.3 is 19.7 Å². The third-order valence-electron chi connectivity index (χ3n) is 3.74. The molecule has 5 nitrogen and oxygen atoms in total. The second-order valence-electron chi connectivity index (χ2n) is 6.38. The van der Waals surface area contributed by atoms with Gasteiger partial charge in [0.25, 0.3) is 0 Å². The molecule has 2 rings (SSSR count). The van der Waals surface area contributed by atoms with Gasteiger partial charge in [-0.25, -0.2) is 4.79 Å². The van der Waals surface area contributed by atoms with Crippen LogP contribution in [0.1, 0.15) is 27.2 Å². The quantitative estimate of drug-likeness (QED) is 0.766. The van der Waals surface area contributed by atoms with Crippen molar-refractivity contribution < 1.29 is 14.3 Å². The van der Waals surface area contributed by atoms with E-state index < -0.39 is 5.60 Å². The SMILES string of the molecule is COC1CCN(C(=O)OC(C)(C)C)CC12CNC2. The summed E-state index contributed by atoms with van der Waals surface area (Å²) in [5.41, 5.74) is -0.343. The first-order valence-corrected chi connectivity index (χ1v) is 6.58. The maximum absolute atomic E-state index is 12.1. The number of amides is 1. The van der Waals surface area contributed by atoms with Crippen molar-refractivity contribution in [1.29, 1.82) is 0 Å². The third-order valence-corrected chi connectivity index (χ3v) is 3.74. The molecule has 2 heterocycles. The Hall–Kier alpha value is -0.810. The average Bonchev–Trinajstić information content (AvgIpc) is 2.23. The molecule has 1 amide bonds. The first-order valence-electron chi connectivity index (χ1n) is 6.58. The van der Waals surface area contributed by atoms with E-state index in [0.717, 1.165) is 32.6 Å². The molecule has 0 bridgehead atoms. The molecule has 0 aromatic heterocycles. The molecular formula is C13H24N2O3. The van der Waals surface area contributed by atoms with Crippen LogP contribution in [0.25, 0.3) is 0 Å². The Bertz CT molecular complexity index is 321. The second kappa shape index (κ2) is 4.70. The number of piperidine rings is 1. The zero-order valence-corrected chi connectivity index (χ0v) is 11.8. The minimum Gasteiger partial charge on any atom is -0.444 e. The molecule has 5 heteroatoms. The van der Waals surface area contributed by atoms with Gasteiger partial charge in [-0.3, -0.25) is 0 Å². The van der Waals surface area contributed by atoms with Crippen LogP contribution in [0.3, 0.4) is 0 Å². The molecule has 104 valence electrons. The molecule has 2 saturated heterocycles. The Morgan fingerprint density at radius 1 is 1.39 bits per heavy atom. The lowest BCUT2D eigenvalue weighted by molar-refractivity contribution is -0.0957. The molecule has 0 radical (unpaired) electrons. The summed E-state index contributed by atoms with van der Waals surface area (Å²) in [6.07, 6.45) is 0.929. The zero-order chi connectivity index (χ0) is 13.4. The fourth-order valence-electron chi connectivity index (χ4n) is 2.78. The normalized spacial score (nSPS) is 26.9. The molecule has 2 fully saturated rings. The summed E-state index contributed by atoms with van der Waals surface area (Å²) in [5, 5.41) is 3.28. The van der Waals surface area contributed by atoms with Gasteiger partial charge in [0.1, 0.15) is 5.60 Å². The highest BCUT2D eigenvalue weighted by Crippen LogP contribution is 2.36. The fourth-order valence-corrected chi connectivity index (χ4v) is 2.78. The van der Waals surface area contributed by atoms with Gasteiger partial charge in [0.05, 0.1) is 6.10 Å². The minimum atomic E-state index is -0.430. The van der Waals surface area contributed by atoms with Crippen LogP contribution in [0.2, 0.25) is 0 Å². The van der Waals surface area contributed by atoms with Gasteiger partial charge in [0.2, 0.25) is 0 Å². The first kappa shape index (κ1) is 13.6. The van der Waals surface area contributed by atoms with Gasteiger partial charge in [0, 0.05) is 38.7 Å². The van der Waals surface area contributed by atoms with Crippen LogP contribution in [-0.4, -0.2) is 56.0 Å². The topological polar surface area (TPSA) is 50.8 Å². The molecule has 1 N–H and O–H groups in total. The number of nitrogens with zero attached hydrogens (tertiary/aromatic N) is 1. The standard InChI is InChI=1S/C13H24N2O3/c1-12(2,3)18-11(16)15-6-5-10(17-4)13(9-15)7-14-8-13/h10,14H,5-9H2,1-4H3. The number of likely N-dealkylation sites (tertiary alicyclic amines) is 1. The van der Waals surface area contributed by atoms with Crippen LogP contribution >= 0.6 is 0 Å². The lowest BCUT2D eigenvalue weighted by Gasteiger charge is -2.53. The molecule has 18 heavy (non-hydrogen) atoms. The summed E-state index contributed by atoms with van der Waals surface area (Å²) < 4.78 is 11.0. The number of methoxy groups -OCH3 is 1. The van der Waals surface area contributed by atoms with Gasteiger partial charge in [-0.15, -0.1) is 0 Å². The fraction of sp³-hybridized carbons (Fsp3) is 0.923. The van der Waals surface area contributed by atoms with E-state index in [9.17, 15) is 4.79 Å². The van der Waals surface area contributed by atoms with E-state index in [-0.39, 0.29) is 17.6 Å². The van der Waals surface area contributed by atoms with Crippen LogP contribution in [0.15, 0.2) is 0 Å². The molecule has 0 aromatic rings. The Labute approximate surface area is 109 Å². The molecule has 1 unspecified atom stereocenters. The van der Waals surface area contributed by atoms with E-state index in [1.54, 1.807) is 7.11 Å². The maximum Gasteiger partial charge on any atom is 0.410 e. The van der Waals surface area contributed by atoms with Crippen molar-refractivity contribution in [3.63, 3.8) is 0 Å². The van der Waals surface area contributed by atoms with Crippen LogP contribution in [-0.2, 0) is 9.47 Å². The number of carbonyl (C=O) groups is 1. The molecule has 2 aliphatic rings. The zero-order valence-electron chi connectivity index (χ0n) is 11.8. The number of hydrogen-bond donors (Lipinski definition) is 1. The summed E-state index contributed by atoms with van der Waals surface area (Å²) in [4.78, 5) is 13.9. The summed E-state index contributed by atoms with van der Waals surface area (Å²) in [7, 11) is 1.76. The average molecular weight is 256 g/mol. The number of hydrogen-bond acceptors (Lipinski definition) is 4. The Morgan fingerprint density at radius 3 is 2.50 bits per heavy atom. The summed E-state index contributed by atoms with van der Waals surface area (Å²) in [6, 6.07) is 0. The van der Waals surface area contributed by atoms with E-state index in [0.29, 0.717) is 0 Å². The van der Waals surface area contributed by atoms with Gasteiger partial charge >= 0.3 is 6.09 Å². The van der Waals surface area contributed by atoms with Gasteiger partial charge in [0.15, 0.2) is 0 Å². The van der Waals surface area contributed by atoms with Crippen LogP contribution in [0, 0.1) is 5.41 Å². The predicted molar refractivity (Wildman–Crippen MR) is 68.5 cm³/mol. The van der Waals surface area contributed by atoms with Crippen molar-refractivity contribution in [2.45, 2.75) is 38.9 Å². The third kappa shape index (κ3) is 2.62. The van der Waals surface area contributed by atoms with Crippen molar-refractivity contribution in [2.75, 3.05) is 33.3 Å². The van der Waals surface area contributed by atoms with E-state index in [4.69, 9.17) is 9.47 Å². The Balaban J connectivity index is 1.98. The maximum atomic E-state index is 12.1. The molecule has 0 aliphatic carbocycles. The number of rotatable bonds is 1. The minimum absolute atomic E-state index is 0.0872. The summed E-state index contributed by atoms with van der Waals surface area (Å²) in [6.45, 7) is 8.98. The molecular weight excluding hydrogens is 232 g/mol. The highest BCUT2D eigenvalue weighted by molar-refractivity contribution is 5.68. The lowest BCUT2D eigenvalue weighted by Crippen LogP contribution is -2.68. The van der Waals surface area contributed by atoms with E-state index in [2.05, 4.69) is 5.32 Å². The smallest absolute Gasteiger partial charge is 0.410 e. The van der Waals surface area contributed by atoms with Gasteiger partial charge in [-0.1, -0.05) is 0 Å². The van der Waals surface area contributed by atoms with Crippen molar-refractivity contribution >= 4 is 6.09 Å². The van der Waals surface area contributed by atoms with Crippen LogP contribution < -0.4 is 5.32 Å². The number of ether oxygens (including phenoxy) is 2. The highest BCUT2D eigenvalue weighted by Gasteiger charge is 2.49. The summed E-state index contributed by atoms with van der Waals surface area (Å²) in [5.74, 6) is 0. The van der Waals surface area contributed by atoms with Crippen molar-refractivity contribution in [3.8, 4) is 0 Å². The molecule has 2 aliphatic heterocycles. The molecule has 1 atom stereocenters. The monoisotopic (exact) mass is 256 g/mol. The van der Waals surface area contributed by atoms with E-state index >= 15 is 0 Å². The lowest BCUT2D eigenvalue weighted by atomic mass is 9.72. The van der Waals surface area contributed by atoms with Crippen molar-refractivity contribution in [1.82, 2.24) is 10.2 Å². The highest BCUT2D eigenvalue weighted by atomic mass is 16.6. The van der Waals surface area contributed by atoms with Crippen molar-refractivity contribution in [2.24, 2.45) is 5.41 Å². The molecule has 0 aromatic carbocycles. The first-order chi connectivity index (χ1) is 8.36. The molecule has 0 saturated carbocycles. The van der Waals surface area contributed by atoms with E-state index in [1.165, 1.54) is 0 Å². The Morgan fingerprint density at radius 2 is 2.06 bits per heavy atom. The predicted octanol–water partition coefficient (Wildman–Crippen LogP) is 1.23. The van der Waals surface area contributed by atoms with E-state index in [1.807, 2.05) is 25.7 Å². The number of carbonyl (C=O) groups excluding carboxylic acids is 1. The van der Waals surface area contributed by atoms with Crippen LogP contribution in [0.4, 0.5) is 4.79 Å². The molecule has 1 spiro atoms. The van der Waals surface area contributed by atoms with Crippen molar-refractivity contribution in [3.05, 3.63) is 0 Å². The second-order valence-corrected chi connectivity index (χ2v) is 6.38. The van der Waals surface area contributed by atoms with Crippen LogP contribution in [0.5, 0.6) is 0 Å². The number of nitrogens with one attached hydrogen (secondary N) is 1. The largest absolute Gasteiger partial charge is 0.444 e.